The molecule has 1 heterocycles. The molecule has 1 aromatic carbocycles. The molecule has 0 spiro atoms. The third-order valence-corrected chi connectivity index (χ3v) is 4.50. The average Bonchev–Trinajstić information content (AvgIpc) is 3.50. The van der Waals surface area contributed by atoms with Crippen LogP contribution in [0.5, 0.6) is 0 Å². The van der Waals surface area contributed by atoms with Crippen LogP contribution in [-0.4, -0.2) is 22.7 Å². The van der Waals surface area contributed by atoms with Gasteiger partial charge in [0, 0.05) is 35.0 Å². The molecule has 2 aromatic rings. The summed E-state index contributed by atoms with van der Waals surface area (Å²) in [6.45, 7) is 5.44. The molecule has 0 saturated heterocycles. The lowest BCUT2D eigenvalue weighted by atomic mass is 10.1. The number of hydrogen-bond acceptors (Lipinski definition) is 4. The van der Waals surface area contributed by atoms with Crippen LogP contribution in [0.2, 0.25) is 0 Å². The van der Waals surface area contributed by atoms with Gasteiger partial charge in [0.15, 0.2) is 0 Å². The van der Waals surface area contributed by atoms with Gasteiger partial charge in [0.1, 0.15) is 5.82 Å². The monoisotopic (exact) mass is 380 g/mol. The van der Waals surface area contributed by atoms with E-state index in [2.05, 4.69) is 20.9 Å². The molecular weight excluding hydrogens is 356 g/mol. The lowest BCUT2D eigenvalue weighted by Crippen LogP contribution is -2.19. The topological polar surface area (TPSA) is 100 Å². The van der Waals surface area contributed by atoms with Crippen molar-refractivity contribution in [2.24, 2.45) is 11.8 Å². The van der Waals surface area contributed by atoms with Crippen LogP contribution in [0, 0.1) is 18.8 Å². The minimum absolute atomic E-state index is 0.0146. The van der Waals surface area contributed by atoms with Crippen molar-refractivity contribution in [3.05, 3.63) is 47.7 Å². The van der Waals surface area contributed by atoms with Crippen molar-refractivity contribution in [1.82, 2.24) is 4.98 Å². The van der Waals surface area contributed by atoms with Crippen LogP contribution in [0.3, 0.4) is 0 Å². The summed E-state index contributed by atoms with van der Waals surface area (Å²) in [5.41, 5.74) is 2.52. The van der Waals surface area contributed by atoms with Gasteiger partial charge in [-0.1, -0.05) is 19.9 Å². The number of carbonyl (C=O) groups is 3. The maximum absolute atomic E-state index is 12.7. The van der Waals surface area contributed by atoms with Gasteiger partial charge in [0.25, 0.3) is 5.91 Å². The Bertz CT molecular complexity index is 920. The number of rotatable bonds is 6. The predicted molar refractivity (Wildman–Crippen MR) is 108 cm³/mol. The van der Waals surface area contributed by atoms with Crippen molar-refractivity contribution >= 4 is 34.9 Å². The van der Waals surface area contributed by atoms with Gasteiger partial charge in [-0.2, -0.15) is 0 Å². The van der Waals surface area contributed by atoms with E-state index in [9.17, 15) is 14.4 Å². The molecule has 0 aliphatic heterocycles. The summed E-state index contributed by atoms with van der Waals surface area (Å²) < 4.78 is 0. The van der Waals surface area contributed by atoms with Gasteiger partial charge < -0.3 is 16.0 Å². The molecule has 1 fully saturated rings. The number of benzene rings is 1. The van der Waals surface area contributed by atoms with E-state index in [-0.39, 0.29) is 29.6 Å². The maximum Gasteiger partial charge on any atom is 0.255 e. The van der Waals surface area contributed by atoms with Crippen LogP contribution in [-0.2, 0) is 9.59 Å². The molecule has 28 heavy (non-hydrogen) atoms. The van der Waals surface area contributed by atoms with Gasteiger partial charge in [-0.25, -0.2) is 4.98 Å². The Morgan fingerprint density at radius 3 is 2.46 bits per heavy atom. The highest BCUT2D eigenvalue weighted by Crippen LogP contribution is 2.31. The highest BCUT2D eigenvalue weighted by atomic mass is 16.2. The SMILES string of the molecule is Cc1ccc(NC(=O)C2CC2)cc1NC(=O)c1ccnc(NC(=O)C(C)C)c1. The van der Waals surface area contributed by atoms with Crippen LogP contribution >= 0.6 is 0 Å². The molecule has 1 saturated carbocycles. The van der Waals surface area contributed by atoms with Crippen LogP contribution in [0.1, 0.15) is 42.6 Å². The number of nitrogens with one attached hydrogen (secondary N) is 3. The summed E-state index contributed by atoms with van der Waals surface area (Å²) in [6, 6.07) is 8.52. The Hall–Kier alpha value is -3.22. The second-order valence-electron chi connectivity index (χ2n) is 7.32. The first-order valence-corrected chi connectivity index (χ1v) is 9.33. The third-order valence-electron chi connectivity index (χ3n) is 4.50. The second kappa shape index (κ2) is 8.21. The van der Waals surface area contributed by atoms with Crippen molar-refractivity contribution < 1.29 is 14.4 Å². The number of carbonyl (C=O) groups excluding carboxylic acids is 3. The number of anilines is 3. The summed E-state index contributed by atoms with van der Waals surface area (Å²) in [4.78, 5) is 40.5. The Morgan fingerprint density at radius 2 is 1.79 bits per heavy atom. The van der Waals surface area contributed by atoms with Crippen molar-refractivity contribution in [2.75, 3.05) is 16.0 Å². The lowest BCUT2D eigenvalue weighted by molar-refractivity contribution is -0.119. The largest absolute Gasteiger partial charge is 0.326 e. The minimum Gasteiger partial charge on any atom is -0.326 e. The van der Waals surface area contributed by atoms with E-state index in [0.717, 1.165) is 18.4 Å². The minimum atomic E-state index is -0.323. The average molecular weight is 380 g/mol. The van der Waals surface area contributed by atoms with Crippen molar-refractivity contribution in [3.8, 4) is 0 Å². The smallest absolute Gasteiger partial charge is 0.255 e. The Balaban J connectivity index is 1.71. The van der Waals surface area contributed by atoms with E-state index < -0.39 is 0 Å². The predicted octanol–water partition coefficient (Wildman–Crippen LogP) is 3.59. The number of pyridine rings is 1. The normalized spacial score (nSPS) is 13.1. The Kier molecular flexibility index (Phi) is 5.73. The molecule has 7 heteroatoms. The molecule has 3 amide bonds. The molecule has 146 valence electrons. The first-order valence-electron chi connectivity index (χ1n) is 9.33. The van der Waals surface area contributed by atoms with Crippen LogP contribution in [0.4, 0.5) is 17.2 Å². The highest BCUT2D eigenvalue weighted by Gasteiger charge is 2.29. The first-order chi connectivity index (χ1) is 13.3. The summed E-state index contributed by atoms with van der Waals surface area (Å²) in [6.07, 6.45) is 3.34. The standard InChI is InChI=1S/C21H24N4O3/c1-12(2)19(26)25-18-10-15(8-9-22-18)21(28)24-17-11-16(7-4-13(17)3)23-20(27)14-5-6-14/h4,7-12,14H,5-6H2,1-3H3,(H,23,27)(H,24,28)(H,22,25,26). The summed E-state index contributed by atoms with van der Waals surface area (Å²) in [5.74, 6) is -0.225. The zero-order valence-corrected chi connectivity index (χ0v) is 16.2. The number of aryl methyl sites for hydroxylation is 1. The number of aromatic nitrogens is 1. The lowest BCUT2D eigenvalue weighted by Gasteiger charge is -2.12. The van der Waals surface area contributed by atoms with Gasteiger partial charge >= 0.3 is 0 Å². The zero-order valence-electron chi connectivity index (χ0n) is 16.2. The van der Waals surface area contributed by atoms with Gasteiger partial charge in [-0.15, -0.1) is 0 Å². The van der Waals surface area contributed by atoms with Crippen molar-refractivity contribution in [1.29, 1.82) is 0 Å². The van der Waals surface area contributed by atoms with E-state index in [1.54, 1.807) is 26.0 Å². The van der Waals surface area contributed by atoms with Crippen LogP contribution in [0.25, 0.3) is 0 Å². The van der Waals surface area contributed by atoms with Crippen molar-refractivity contribution in [2.45, 2.75) is 33.6 Å². The van der Waals surface area contributed by atoms with Gasteiger partial charge in [-0.3, -0.25) is 14.4 Å². The van der Waals surface area contributed by atoms with Gasteiger partial charge in [-0.05, 0) is 49.6 Å². The quantitative estimate of drug-likeness (QED) is 0.713. The van der Waals surface area contributed by atoms with Crippen LogP contribution < -0.4 is 16.0 Å². The molecule has 1 aromatic heterocycles. The number of hydrogen-bond donors (Lipinski definition) is 3. The molecule has 1 aliphatic carbocycles. The molecular formula is C21H24N4O3. The van der Waals surface area contributed by atoms with Gasteiger partial charge in [0.2, 0.25) is 11.8 Å². The van der Waals surface area contributed by atoms with Gasteiger partial charge in [0.05, 0.1) is 0 Å². The van der Waals surface area contributed by atoms with E-state index in [1.165, 1.54) is 12.3 Å². The molecule has 1 aliphatic rings. The fourth-order valence-electron chi connectivity index (χ4n) is 2.53. The maximum atomic E-state index is 12.7. The van der Waals surface area contributed by atoms with Crippen LogP contribution in [0.15, 0.2) is 36.5 Å². The van der Waals surface area contributed by atoms with E-state index in [0.29, 0.717) is 22.8 Å². The van der Waals surface area contributed by atoms with E-state index in [4.69, 9.17) is 0 Å². The number of amides is 3. The molecule has 0 radical (unpaired) electrons. The molecule has 0 unspecified atom stereocenters. The van der Waals surface area contributed by atoms with E-state index in [1.807, 2.05) is 19.1 Å². The molecule has 3 N–H and O–H groups in total. The Labute approximate surface area is 163 Å². The second-order valence-corrected chi connectivity index (χ2v) is 7.32. The summed E-state index contributed by atoms with van der Waals surface area (Å²) >= 11 is 0. The molecule has 3 rings (SSSR count). The molecule has 7 nitrogen and oxygen atoms in total. The number of nitrogens with zero attached hydrogens (tertiary/aromatic N) is 1. The third kappa shape index (κ3) is 4.94. The summed E-state index contributed by atoms with van der Waals surface area (Å²) in [7, 11) is 0. The fraction of sp³-hybridized carbons (Fsp3) is 0.333. The fourth-order valence-corrected chi connectivity index (χ4v) is 2.53. The zero-order chi connectivity index (χ0) is 20.3. The van der Waals surface area contributed by atoms with Crippen molar-refractivity contribution in [3.63, 3.8) is 0 Å². The highest BCUT2D eigenvalue weighted by molar-refractivity contribution is 6.06. The summed E-state index contributed by atoms with van der Waals surface area (Å²) in [5, 5.41) is 8.42. The molecule has 0 atom stereocenters. The molecule has 0 bridgehead atoms. The van der Waals surface area contributed by atoms with E-state index >= 15 is 0 Å². The Morgan fingerprint density at radius 1 is 1.04 bits per heavy atom. The first kappa shape index (κ1) is 19.5.